The summed E-state index contributed by atoms with van der Waals surface area (Å²) in [5.74, 6) is -0.103. The number of aromatic carboxylic acids is 1. The Bertz CT molecular complexity index is 839. The highest BCUT2D eigenvalue weighted by Gasteiger charge is 2.14. The SMILES string of the molecule is Cc1cc(Oc2ncc(C(=O)O)c3ccccc23)n(C)n1. The van der Waals surface area contributed by atoms with Gasteiger partial charge < -0.3 is 9.84 Å². The van der Waals surface area contributed by atoms with Gasteiger partial charge in [0, 0.05) is 30.1 Å². The fraction of sp³-hybridized carbons (Fsp3) is 0.133. The molecule has 0 atom stereocenters. The van der Waals surface area contributed by atoms with E-state index in [2.05, 4.69) is 10.1 Å². The Balaban J connectivity index is 2.14. The van der Waals surface area contributed by atoms with Crippen LogP contribution < -0.4 is 4.74 Å². The molecule has 0 fully saturated rings. The Morgan fingerprint density at radius 2 is 2.00 bits per heavy atom. The van der Waals surface area contributed by atoms with Crippen molar-refractivity contribution in [1.82, 2.24) is 14.8 Å². The van der Waals surface area contributed by atoms with Crippen molar-refractivity contribution >= 4 is 16.7 Å². The number of hydrogen-bond acceptors (Lipinski definition) is 4. The van der Waals surface area contributed by atoms with E-state index in [4.69, 9.17) is 4.74 Å². The van der Waals surface area contributed by atoms with Gasteiger partial charge in [-0.15, -0.1) is 0 Å². The summed E-state index contributed by atoms with van der Waals surface area (Å²) in [4.78, 5) is 15.4. The van der Waals surface area contributed by atoms with Crippen molar-refractivity contribution in [2.45, 2.75) is 6.92 Å². The maximum atomic E-state index is 11.2. The zero-order valence-electron chi connectivity index (χ0n) is 11.6. The molecule has 0 radical (unpaired) electrons. The average molecular weight is 283 g/mol. The molecule has 6 nitrogen and oxygen atoms in total. The first-order valence-corrected chi connectivity index (χ1v) is 6.36. The Kier molecular flexibility index (Phi) is 3.06. The highest BCUT2D eigenvalue weighted by atomic mass is 16.5. The summed E-state index contributed by atoms with van der Waals surface area (Å²) in [6.07, 6.45) is 1.31. The summed E-state index contributed by atoms with van der Waals surface area (Å²) in [5, 5.41) is 14.7. The molecule has 0 aliphatic carbocycles. The molecule has 0 aliphatic rings. The van der Waals surface area contributed by atoms with Crippen molar-refractivity contribution in [3.63, 3.8) is 0 Å². The highest BCUT2D eigenvalue weighted by Crippen LogP contribution is 2.29. The van der Waals surface area contributed by atoms with Gasteiger partial charge in [-0.25, -0.2) is 14.5 Å². The van der Waals surface area contributed by atoms with Crippen molar-refractivity contribution in [1.29, 1.82) is 0 Å². The van der Waals surface area contributed by atoms with Crippen LogP contribution in [0.4, 0.5) is 0 Å². The van der Waals surface area contributed by atoms with Gasteiger partial charge in [-0.05, 0) is 13.0 Å². The van der Waals surface area contributed by atoms with Crippen LogP contribution in [0.25, 0.3) is 10.8 Å². The summed E-state index contributed by atoms with van der Waals surface area (Å²) >= 11 is 0. The number of carboxylic acids is 1. The summed E-state index contributed by atoms with van der Waals surface area (Å²) in [6.45, 7) is 1.87. The first-order chi connectivity index (χ1) is 10.1. The molecule has 0 amide bonds. The molecule has 2 heterocycles. The minimum absolute atomic E-state index is 0.152. The van der Waals surface area contributed by atoms with Crippen molar-refractivity contribution in [2.24, 2.45) is 7.05 Å². The number of aryl methyl sites for hydroxylation is 2. The first kappa shape index (κ1) is 13.1. The van der Waals surface area contributed by atoms with E-state index >= 15 is 0 Å². The van der Waals surface area contributed by atoms with E-state index in [1.165, 1.54) is 6.20 Å². The molecular weight excluding hydrogens is 270 g/mol. The van der Waals surface area contributed by atoms with Crippen LogP contribution in [-0.4, -0.2) is 25.8 Å². The van der Waals surface area contributed by atoms with E-state index in [-0.39, 0.29) is 5.56 Å². The lowest BCUT2D eigenvalue weighted by Crippen LogP contribution is -2.01. The molecule has 0 aliphatic heterocycles. The number of hydrogen-bond donors (Lipinski definition) is 1. The van der Waals surface area contributed by atoms with Crippen LogP contribution in [0.5, 0.6) is 11.8 Å². The average Bonchev–Trinajstić information content (AvgIpc) is 2.77. The lowest BCUT2D eigenvalue weighted by atomic mass is 10.1. The van der Waals surface area contributed by atoms with Crippen molar-refractivity contribution < 1.29 is 14.6 Å². The molecule has 0 saturated carbocycles. The second kappa shape index (κ2) is 4.90. The number of benzene rings is 1. The largest absolute Gasteiger partial charge is 0.478 e. The molecule has 0 unspecified atom stereocenters. The Labute approximate surface area is 120 Å². The fourth-order valence-electron chi connectivity index (χ4n) is 2.20. The van der Waals surface area contributed by atoms with E-state index in [1.54, 1.807) is 36.0 Å². The Morgan fingerprint density at radius 1 is 1.29 bits per heavy atom. The van der Waals surface area contributed by atoms with Gasteiger partial charge in [0.25, 0.3) is 0 Å². The lowest BCUT2D eigenvalue weighted by Gasteiger charge is -2.09. The van der Waals surface area contributed by atoms with Gasteiger partial charge in [-0.2, -0.15) is 5.10 Å². The van der Waals surface area contributed by atoms with E-state index in [0.29, 0.717) is 22.5 Å². The number of aromatic nitrogens is 3. The topological polar surface area (TPSA) is 77.2 Å². The Hall–Kier alpha value is -2.89. The molecule has 1 aromatic carbocycles. The van der Waals surface area contributed by atoms with Crippen LogP contribution in [0.3, 0.4) is 0 Å². The number of carbonyl (C=O) groups is 1. The molecule has 1 N–H and O–H groups in total. The molecule has 21 heavy (non-hydrogen) atoms. The second-order valence-electron chi connectivity index (χ2n) is 4.68. The summed E-state index contributed by atoms with van der Waals surface area (Å²) in [6, 6.07) is 8.92. The smallest absolute Gasteiger partial charge is 0.337 e. The van der Waals surface area contributed by atoms with Gasteiger partial charge in [0.2, 0.25) is 11.8 Å². The quantitative estimate of drug-likeness (QED) is 0.799. The van der Waals surface area contributed by atoms with E-state index in [0.717, 1.165) is 5.69 Å². The summed E-state index contributed by atoms with van der Waals surface area (Å²) in [7, 11) is 1.77. The van der Waals surface area contributed by atoms with E-state index in [9.17, 15) is 9.90 Å². The molecule has 6 heteroatoms. The molecular formula is C15H13N3O3. The number of carboxylic acid groups (broad SMARTS) is 1. The van der Waals surface area contributed by atoms with E-state index in [1.807, 2.05) is 13.0 Å². The third-order valence-electron chi connectivity index (χ3n) is 3.15. The minimum atomic E-state index is -1.01. The maximum Gasteiger partial charge on any atom is 0.337 e. The van der Waals surface area contributed by atoms with E-state index < -0.39 is 5.97 Å². The summed E-state index contributed by atoms with van der Waals surface area (Å²) in [5.41, 5.74) is 0.984. The zero-order valence-corrected chi connectivity index (χ0v) is 11.6. The van der Waals surface area contributed by atoms with Crippen LogP contribution >= 0.6 is 0 Å². The van der Waals surface area contributed by atoms with Gasteiger partial charge in [-0.1, -0.05) is 18.2 Å². The standard InChI is InChI=1S/C15H13N3O3/c1-9-7-13(18(2)17-9)21-14-11-6-4-3-5-10(11)12(8-16-14)15(19)20/h3-8H,1-2H3,(H,19,20). The van der Waals surface area contributed by atoms with Crippen LogP contribution in [0.1, 0.15) is 16.1 Å². The highest BCUT2D eigenvalue weighted by molar-refractivity contribution is 6.04. The molecule has 3 aromatic rings. The Morgan fingerprint density at radius 3 is 2.62 bits per heavy atom. The normalized spacial score (nSPS) is 10.8. The molecule has 0 spiro atoms. The third-order valence-corrected chi connectivity index (χ3v) is 3.15. The predicted molar refractivity (Wildman–Crippen MR) is 76.7 cm³/mol. The van der Waals surface area contributed by atoms with Crippen LogP contribution in [0.2, 0.25) is 0 Å². The minimum Gasteiger partial charge on any atom is -0.478 e. The number of ether oxygens (including phenoxy) is 1. The monoisotopic (exact) mass is 283 g/mol. The van der Waals surface area contributed by atoms with Crippen molar-refractivity contribution in [2.75, 3.05) is 0 Å². The molecule has 0 saturated heterocycles. The number of pyridine rings is 1. The molecule has 0 bridgehead atoms. The van der Waals surface area contributed by atoms with Crippen molar-refractivity contribution in [3.05, 3.63) is 47.8 Å². The van der Waals surface area contributed by atoms with Gasteiger partial charge in [-0.3, -0.25) is 0 Å². The number of rotatable bonds is 3. The fourth-order valence-corrected chi connectivity index (χ4v) is 2.20. The summed E-state index contributed by atoms with van der Waals surface area (Å²) < 4.78 is 7.38. The number of nitrogens with zero attached hydrogens (tertiary/aromatic N) is 3. The van der Waals surface area contributed by atoms with Gasteiger partial charge >= 0.3 is 5.97 Å². The predicted octanol–water partition coefficient (Wildman–Crippen LogP) is 2.77. The second-order valence-corrected chi connectivity index (χ2v) is 4.68. The first-order valence-electron chi connectivity index (χ1n) is 6.36. The zero-order chi connectivity index (χ0) is 15.0. The maximum absolute atomic E-state index is 11.2. The van der Waals surface area contributed by atoms with Gasteiger partial charge in [0.1, 0.15) is 0 Å². The van der Waals surface area contributed by atoms with Crippen LogP contribution in [0.15, 0.2) is 36.5 Å². The molecule has 3 rings (SSSR count). The number of fused-ring (bicyclic) bond motifs is 1. The van der Waals surface area contributed by atoms with Crippen molar-refractivity contribution in [3.8, 4) is 11.8 Å². The molecule has 2 aromatic heterocycles. The van der Waals surface area contributed by atoms with Crippen LogP contribution in [0, 0.1) is 6.92 Å². The third kappa shape index (κ3) is 2.31. The molecule has 106 valence electrons. The van der Waals surface area contributed by atoms with Gasteiger partial charge in [0.15, 0.2) is 0 Å². The van der Waals surface area contributed by atoms with Gasteiger partial charge in [0.05, 0.1) is 11.3 Å². The lowest BCUT2D eigenvalue weighted by molar-refractivity contribution is 0.0698. The van der Waals surface area contributed by atoms with Crippen LogP contribution in [-0.2, 0) is 7.05 Å².